The summed E-state index contributed by atoms with van der Waals surface area (Å²) in [7, 11) is 0. The summed E-state index contributed by atoms with van der Waals surface area (Å²) in [5.41, 5.74) is 1.76. The lowest BCUT2D eigenvalue weighted by Crippen LogP contribution is -2.25. The molecule has 0 spiro atoms. The average Bonchev–Trinajstić information content (AvgIpc) is 2.77. The van der Waals surface area contributed by atoms with Crippen molar-refractivity contribution >= 4 is 12.1 Å². The Hall–Kier alpha value is -3.44. The van der Waals surface area contributed by atoms with Gasteiger partial charge in [0.15, 0.2) is 5.78 Å². The van der Waals surface area contributed by atoms with E-state index in [4.69, 9.17) is 9.47 Å². The molecular formula is C23H20O5. The molecule has 1 atom stereocenters. The molecule has 5 heteroatoms. The number of aldehydes is 1. The summed E-state index contributed by atoms with van der Waals surface area (Å²) in [4.78, 5) is 23.0. The first kappa shape index (κ1) is 19.3. The highest BCUT2D eigenvalue weighted by Crippen LogP contribution is 2.16. The Morgan fingerprint density at radius 3 is 1.82 bits per heavy atom. The van der Waals surface area contributed by atoms with Gasteiger partial charge in [-0.15, -0.1) is 0 Å². The van der Waals surface area contributed by atoms with Crippen molar-refractivity contribution in [2.24, 2.45) is 0 Å². The number of aliphatic hydroxyl groups is 1. The maximum Gasteiger partial charge on any atom is 0.193 e. The molecule has 1 N–H and O–H groups in total. The topological polar surface area (TPSA) is 72.8 Å². The Morgan fingerprint density at radius 1 is 0.786 bits per heavy atom. The second-order valence-corrected chi connectivity index (χ2v) is 6.18. The maximum atomic E-state index is 12.4. The molecule has 0 amide bonds. The monoisotopic (exact) mass is 376 g/mol. The van der Waals surface area contributed by atoms with E-state index in [1.165, 1.54) is 0 Å². The Bertz CT molecular complexity index is 902. The Labute approximate surface area is 163 Å². The lowest BCUT2D eigenvalue weighted by Gasteiger charge is -2.14. The molecule has 3 aromatic carbocycles. The minimum atomic E-state index is -0.823. The van der Waals surface area contributed by atoms with Crippen LogP contribution in [0.5, 0.6) is 11.5 Å². The van der Waals surface area contributed by atoms with Crippen LogP contribution in [-0.4, -0.2) is 36.5 Å². The number of rotatable bonds is 9. The van der Waals surface area contributed by atoms with Gasteiger partial charge in [0.2, 0.25) is 0 Å². The smallest absolute Gasteiger partial charge is 0.193 e. The number of hydrogen-bond donors (Lipinski definition) is 1. The van der Waals surface area contributed by atoms with Crippen molar-refractivity contribution in [1.29, 1.82) is 0 Å². The van der Waals surface area contributed by atoms with Gasteiger partial charge in [-0.3, -0.25) is 9.59 Å². The molecule has 0 bridgehead atoms. The van der Waals surface area contributed by atoms with Gasteiger partial charge in [0.1, 0.15) is 37.1 Å². The second-order valence-electron chi connectivity index (χ2n) is 6.18. The van der Waals surface area contributed by atoms with Crippen LogP contribution in [0.2, 0.25) is 0 Å². The number of ether oxygens (including phenoxy) is 2. The summed E-state index contributed by atoms with van der Waals surface area (Å²) in [6.45, 7) is 0.114. The first-order valence-electron chi connectivity index (χ1n) is 8.84. The van der Waals surface area contributed by atoms with Crippen molar-refractivity contribution in [1.82, 2.24) is 0 Å². The van der Waals surface area contributed by atoms with Crippen LogP contribution in [-0.2, 0) is 0 Å². The molecule has 5 nitrogen and oxygen atoms in total. The summed E-state index contributed by atoms with van der Waals surface area (Å²) in [6.07, 6.45) is -0.0677. The highest BCUT2D eigenvalue weighted by Gasteiger charge is 2.10. The summed E-state index contributed by atoms with van der Waals surface area (Å²) < 4.78 is 11.0. The zero-order chi connectivity index (χ0) is 19.8. The second kappa shape index (κ2) is 9.48. The van der Waals surface area contributed by atoms with Gasteiger partial charge in [-0.05, 0) is 48.5 Å². The van der Waals surface area contributed by atoms with E-state index in [0.29, 0.717) is 28.2 Å². The number of carbonyl (C=O) groups excluding carboxylic acids is 2. The van der Waals surface area contributed by atoms with E-state index in [1.54, 1.807) is 60.7 Å². The molecule has 0 aliphatic carbocycles. The van der Waals surface area contributed by atoms with Crippen molar-refractivity contribution < 1.29 is 24.2 Å². The molecule has 0 saturated heterocycles. The average molecular weight is 376 g/mol. The van der Waals surface area contributed by atoms with Gasteiger partial charge in [-0.1, -0.05) is 30.3 Å². The van der Waals surface area contributed by atoms with Crippen molar-refractivity contribution in [2.45, 2.75) is 6.10 Å². The van der Waals surface area contributed by atoms with Crippen LogP contribution in [0.25, 0.3) is 0 Å². The van der Waals surface area contributed by atoms with Crippen molar-refractivity contribution in [3.63, 3.8) is 0 Å². The van der Waals surface area contributed by atoms with Crippen LogP contribution in [0.3, 0.4) is 0 Å². The van der Waals surface area contributed by atoms with Crippen LogP contribution >= 0.6 is 0 Å². The van der Waals surface area contributed by atoms with E-state index < -0.39 is 6.10 Å². The first-order chi connectivity index (χ1) is 13.7. The molecule has 0 radical (unpaired) electrons. The molecular weight excluding hydrogens is 356 g/mol. The number of benzene rings is 3. The predicted molar refractivity (Wildman–Crippen MR) is 105 cm³/mol. The van der Waals surface area contributed by atoms with Gasteiger partial charge in [0.25, 0.3) is 0 Å². The van der Waals surface area contributed by atoms with Gasteiger partial charge >= 0.3 is 0 Å². The van der Waals surface area contributed by atoms with Gasteiger partial charge in [-0.25, -0.2) is 0 Å². The highest BCUT2D eigenvalue weighted by atomic mass is 16.5. The third-order valence-electron chi connectivity index (χ3n) is 4.05. The van der Waals surface area contributed by atoms with Gasteiger partial charge in [-0.2, -0.15) is 0 Å². The lowest BCUT2D eigenvalue weighted by molar-refractivity contribution is 0.0626. The molecule has 28 heavy (non-hydrogen) atoms. The molecule has 1 unspecified atom stereocenters. The van der Waals surface area contributed by atoms with Crippen molar-refractivity contribution in [2.75, 3.05) is 13.2 Å². The highest BCUT2D eigenvalue weighted by molar-refractivity contribution is 6.08. The first-order valence-corrected chi connectivity index (χ1v) is 8.84. The number of carbonyl (C=O) groups is 2. The summed E-state index contributed by atoms with van der Waals surface area (Å²) in [6, 6.07) is 22.5. The molecule has 142 valence electrons. The van der Waals surface area contributed by atoms with Gasteiger partial charge < -0.3 is 14.6 Å². The molecule has 0 saturated carbocycles. The van der Waals surface area contributed by atoms with Crippen molar-refractivity contribution in [3.8, 4) is 11.5 Å². The van der Waals surface area contributed by atoms with Crippen LogP contribution in [0.4, 0.5) is 0 Å². The SMILES string of the molecule is O=Cc1ccc(OCC(O)COc2ccc(C(=O)c3ccccc3)cc2)cc1. The van der Waals surface area contributed by atoms with Crippen LogP contribution < -0.4 is 9.47 Å². The van der Waals surface area contributed by atoms with E-state index in [2.05, 4.69) is 0 Å². The quantitative estimate of drug-likeness (QED) is 0.457. The Balaban J connectivity index is 1.47. The summed E-state index contributed by atoms with van der Waals surface area (Å²) >= 11 is 0. The van der Waals surface area contributed by atoms with Crippen LogP contribution in [0.15, 0.2) is 78.9 Å². The van der Waals surface area contributed by atoms with E-state index >= 15 is 0 Å². The standard InChI is InChI=1S/C23H20O5/c24-14-17-6-10-21(11-7-17)27-15-20(25)16-28-22-12-8-19(9-13-22)23(26)18-4-2-1-3-5-18/h1-14,20,25H,15-16H2. The predicted octanol–water partition coefficient (Wildman–Crippen LogP) is 3.55. The Morgan fingerprint density at radius 2 is 1.29 bits per heavy atom. The zero-order valence-electron chi connectivity index (χ0n) is 15.2. The molecule has 3 aromatic rings. The fraction of sp³-hybridized carbons (Fsp3) is 0.130. The number of hydrogen-bond acceptors (Lipinski definition) is 5. The normalized spacial score (nSPS) is 11.5. The molecule has 0 fully saturated rings. The summed E-state index contributed by atoms with van der Waals surface area (Å²) in [5, 5.41) is 10.0. The van der Waals surface area contributed by atoms with E-state index in [-0.39, 0.29) is 19.0 Å². The summed E-state index contributed by atoms with van der Waals surface area (Å²) in [5.74, 6) is 1.06. The molecule has 3 rings (SSSR count). The van der Waals surface area contributed by atoms with E-state index in [0.717, 1.165) is 6.29 Å². The zero-order valence-corrected chi connectivity index (χ0v) is 15.2. The third-order valence-corrected chi connectivity index (χ3v) is 4.05. The number of ketones is 1. The van der Waals surface area contributed by atoms with E-state index in [1.807, 2.05) is 18.2 Å². The van der Waals surface area contributed by atoms with Crippen LogP contribution in [0.1, 0.15) is 26.3 Å². The molecule has 0 heterocycles. The third kappa shape index (κ3) is 5.28. The Kier molecular flexibility index (Phi) is 6.54. The van der Waals surface area contributed by atoms with Gasteiger partial charge in [0, 0.05) is 16.7 Å². The van der Waals surface area contributed by atoms with Crippen LogP contribution in [0, 0.1) is 0 Å². The maximum absolute atomic E-state index is 12.4. The van der Waals surface area contributed by atoms with Gasteiger partial charge in [0.05, 0.1) is 0 Å². The van der Waals surface area contributed by atoms with E-state index in [9.17, 15) is 14.7 Å². The molecule has 0 aromatic heterocycles. The lowest BCUT2D eigenvalue weighted by atomic mass is 10.0. The largest absolute Gasteiger partial charge is 0.491 e. The number of aliphatic hydroxyl groups excluding tert-OH is 1. The minimum Gasteiger partial charge on any atom is -0.491 e. The molecule has 0 aliphatic rings. The molecule has 0 aliphatic heterocycles. The van der Waals surface area contributed by atoms with Crippen molar-refractivity contribution in [3.05, 3.63) is 95.6 Å². The fourth-order valence-electron chi connectivity index (χ4n) is 2.53. The minimum absolute atomic E-state index is 0.0540. The fourth-order valence-corrected chi connectivity index (χ4v) is 2.53.